The fraction of sp³-hybridized carbons (Fsp3) is 0.360. The van der Waals surface area contributed by atoms with Crippen LogP contribution in [0.4, 0.5) is 4.39 Å². The summed E-state index contributed by atoms with van der Waals surface area (Å²) in [6.07, 6.45) is -0.267. The lowest BCUT2D eigenvalue weighted by atomic mass is 9.86. The molecule has 0 aliphatic carbocycles. The van der Waals surface area contributed by atoms with Crippen LogP contribution in [0.1, 0.15) is 55.2 Å². The van der Waals surface area contributed by atoms with E-state index in [1.807, 2.05) is 10.6 Å². The Morgan fingerprint density at radius 1 is 1.18 bits per heavy atom. The van der Waals surface area contributed by atoms with Gasteiger partial charge in [0, 0.05) is 16.1 Å². The smallest absolute Gasteiger partial charge is 0.171 e. The van der Waals surface area contributed by atoms with Crippen LogP contribution in [0, 0.1) is 11.2 Å². The molecule has 0 spiro atoms. The molecule has 1 aliphatic rings. The molecule has 2 aromatic carbocycles. The zero-order valence-corrected chi connectivity index (χ0v) is 21.5. The van der Waals surface area contributed by atoms with Crippen LogP contribution in [-0.4, -0.2) is 29.4 Å². The number of hydrogen-bond donors (Lipinski definition) is 1. The number of imidazole rings is 1. The van der Waals surface area contributed by atoms with Crippen molar-refractivity contribution in [2.75, 3.05) is 0 Å². The maximum absolute atomic E-state index is 14.7. The van der Waals surface area contributed by atoms with E-state index in [-0.39, 0.29) is 30.5 Å². The first-order valence-electron chi connectivity index (χ1n) is 11.1. The van der Waals surface area contributed by atoms with E-state index < -0.39 is 9.04 Å². The highest BCUT2D eigenvalue weighted by atomic mass is 35.5. The third-order valence-electron chi connectivity index (χ3n) is 5.63. The van der Waals surface area contributed by atoms with Gasteiger partial charge in [0.25, 0.3) is 0 Å². The van der Waals surface area contributed by atoms with Crippen LogP contribution in [0.15, 0.2) is 47.5 Å². The first-order valence-corrected chi connectivity index (χ1v) is 14.2. The molecule has 174 valence electrons. The molecule has 1 unspecified atom stereocenters. The minimum atomic E-state index is -1.40. The van der Waals surface area contributed by atoms with Gasteiger partial charge >= 0.3 is 0 Å². The number of aliphatic hydroxyl groups excluding tert-OH is 1. The van der Waals surface area contributed by atoms with Crippen LogP contribution in [-0.2, 0) is 17.6 Å². The molecule has 4 rings (SSSR count). The molecule has 0 amide bonds. The molecule has 0 saturated heterocycles. The predicted octanol–water partition coefficient (Wildman–Crippen LogP) is 5.60. The quantitative estimate of drug-likeness (QED) is 0.479. The fourth-order valence-corrected chi connectivity index (χ4v) is 5.49. The van der Waals surface area contributed by atoms with Crippen molar-refractivity contribution in [1.82, 2.24) is 9.55 Å². The van der Waals surface area contributed by atoms with Crippen LogP contribution in [0.25, 0.3) is 5.69 Å². The Hall–Kier alpha value is -2.32. The first-order chi connectivity index (χ1) is 15.6. The third kappa shape index (κ3) is 4.55. The van der Waals surface area contributed by atoms with Crippen molar-refractivity contribution in [2.45, 2.75) is 53.1 Å². The summed E-state index contributed by atoms with van der Waals surface area (Å²) in [6.45, 7) is 10.6. The summed E-state index contributed by atoms with van der Waals surface area (Å²) >= 11 is 6.36. The largest absolute Gasteiger partial charge is 0.411 e. The summed E-state index contributed by atoms with van der Waals surface area (Å²) in [5, 5.41) is 11.0. The van der Waals surface area contributed by atoms with Crippen LogP contribution >= 0.6 is 11.6 Å². The van der Waals surface area contributed by atoms with E-state index >= 15 is 0 Å². The van der Waals surface area contributed by atoms with Crippen LogP contribution in [0.2, 0.25) is 18.1 Å². The molecule has 3 aromatic rings. The number of halogens is 2. The van der Waals surface area contributed by atoms with Crippen molar-refractivity contribution in [1.29, 1.82) is 0 Å². The van der Waals surface area contributed by atoms with E-state index in [0.29, 0.717) is 33.4 Å². The lowest BCUT2D eigenvalue weighted by Crippen LogP contribution is -2.27. The van der Waals surface area contributed by atoms with Crippen molar-refractivity contribution in [3.8, 4) is 5.69 Å². The predicted molar refractivity (Wildman–Crippen MR) is 132 cm³/mol. The van der Waals surface area contributed by atoms with E-state index in [1.165, 1.54) is 6.07 Å². The van der Waals surface area contributed by atoms with E-state index in [4.69, 9.17) is 26.0 Å². The topological polar surface area (TPSA) is 59.6 Å². The van der Waals surface area contributed by atoms with E-state index in [1.54, 1.807) is 30.3 Å². The molecule has 0 bridgehead atoms. The number of aliphatic hydroxyl groups is 1. The molecular weight excluding hydrogens is 457 g/mol. The molecule has 1 aliphatic heterocycles. The van der Waals surface area contributed by atoms with Crippen molar-refractivity contribution in [2.24, 2.45) is 10.4 Å². The van der Waals surface area contributed by atoms with Gasteiger partial charge in [0.15, 0.2) is 9.04 Å². The second-order valence-electron chi connectivity index (χ2n) is 9.59. The zero-order chi connectivity index (χ0) is 23.9. The monoisotopic (exact) mass is 485 g/mol. The summed E-state index contributed by atoms with van der Waals surface area (Å²) in [4.78, 5) is 9.71. The highest BCUT2D eigenvalue weighted by Crippen LogP contribution is 2.40. The average molecular weight is 486 g/mol. The fourth-order valence-electron chi connectivity index (χ4n) is 4.24. The molecule has 1 atom stereocenters. The molecule has 0 fully saturated rings. The van der Waals surface area contributed by atoms with Crippen molar-refractivity contribution < 1.29 is 13.9 Å². The summed E-state index contributed by atoms with van der Waals surface area (Å²) in [5.41, 5.74) is 3.54. The molecule has 2 heterocycles. The lowest BCUT2D eigenvalue weighted by Gasteiger charge is -2.32. The van der Waals surface area contributed by atoms with Gasteiger partial charge in [-0.1, -0.05) is 44.5 Å². The Kier molecular flexibility index (Phi) is 6.60. The highest BCUT2D eigenvalue weighted by Gasteiger charge is 2.35. The highest BCUT2D eigenvalue weighted by molar-refractivity contribution is 6.48. The lowest BCUT2D eigenvalue weighted by molar-refractivity contribution is 0.0805. The van der Waals surface area contributed by atoms with Gasteiger partial charge in [-0.3, -0.25) is 9.56 Å². The SMILES string of the molecule is C[SiH](C)OC(c1nc2n(c1CO)-c1ccc(Cl)cc1C(c1ccccc1F)=NC2)C(C)(C)C. The number of hydrogen-bond acceptors (Lipinski definition) is 4. The Bertz CT molecular complexity index is 1220. The molecule has 1 N–H and O–H groups in total. The van der Waals surface area contributed by atoms with E-state index in [0.717, 1.165) is 11.4 Å². The Morgan fingerprint density at radius 2 is 1.91 bits per heavy atom. The summed E-state index contributed by atoms with van der Waals surface area (Å²) in [6, 6.07) is 12.0. The van der Waals surface area contributed by atoms with Crippen molar-refractivity contribution >= 4 is 26.4 Å². The summed E-state index contributed by atoms with van der Waals surface area (Å²) in [5.74, 6) is 0.320. The number of nitrogens with zero attached hydrogens (tertiary/aromatic N) is 3. The Balaban J connectivity index is 1.96. The molecular formula is C25H29ClFN3O2Si. The Morgan fingerprint density at radius 3 is 2.55 bits per heavy atom. The Labute approximate surface area is 200 Å². The number of aromatic nitrogens is 2. The molecule has 5 nitrogen and oxygen atoms in total. The zero-order valence-electron chi connectivity index (χ0n) is 19.6. The van der Waals surface area contributed by atoms with Gasteiger partial charge in [0.2, 0.25) is 0 Å². The normalized spacial score (nSPS) is 14.5. The second kappa shape index (κ2) is 9.14. The third-order valence-corrected chi connectivity index (χ3v) is 6.68. The maximum atomic E-state index is 14.7. The van der Waals surface area contributed by atoms with Crippen LogP contribution < -0.4 is 0 Å². The van der Waals surface area contributed by atoms with Gasteiger partial charge in [0.1, 0.15) is 11.6 Å². The van der Waals surface area contributed by atoms with Gasteiger partial charge in [-0.2, -0.15) is 0 Å². The standard InChI is InChI=1S/C25H29ClFN3O2Si/c1-25(2,3)24(32-33(4)5)23-20(14-31)30-19-11-10-15(26)12-17(19)22(28-13-21(30)29-23)16-8-6-7-9-18(16)27/h6-12,24,31,33H,13-14H2,1-5H3. The maximum Gasteiger partial charge on any atom is 0.171 e. The van der Waals surface area contributed by atoms with Gasteiger partial charge < -0.3 is 9.53 Å². The van der Waals surface area contributed by atoms with Gasteiger partial charge in [-0.05, 0) is 48.8 Å². The molecule has 33 heavy (non-hydrogen) atoms. The molecule has 1 aromatic heterocycles. The van der Waals surface area contributed by atoms with Crippen molar-refractivity contribution in [3.05, 3.63) is 81.6 Å². The summed E-state index contributed by atoms with van der Waals surface area (Å²) < 4.78 is 23.1. The van der Waals surface area contributed by atoms with Crippen LogP contribution in [0.3, 0.4) is 0 Å². The van der Waals surface area contributed by atoms with Gasteiger partial charge in [-0.15, -0.1) is 0 Å². The van der Waals surface area contributed by atoms with E-state index in [2.05, 4.69) is 33.9 Å². The molecule has 0 saturated carbocycles. The minimum Gasteiger partial charge on any atom is -0.411 e. The average Bonchev–Trinajstić information content (AvgIpc) is 3.02. The second-order valence-corrected chi connectivity index (χ2v) is 12.4. The number of rotatable bonds is 5. The molecule has 8 heteroatoms. The number of fused-ring (bicyclic) bond motifs is 3. The van der Waals surface area contributed by atoms with Gasteiger partial charge in [0.05, 0.1) is 42.0 Å². The number of benzene rings is 2. The minimum absolute atomic E-state index is 0.213. The molecule has 0 radical (unpaired) electrons. The first kappa shape index (κ1) is 23.8. The number of aliphatic imine (C=N–C) groups is 1. The van der Waals surface area contributed by atoms with Crippen LogP contribution in [0.5, 0.6) is 0 Å². The van der Waals surface area contributed by atoms with Gasteiger partial charge in [-0.25, -0.2) is 9.37 Å². The van der Waals surface area contributed by atoms with Crippen molar-refractivity contribution in [3.63, 3.8) is 0 Å². The van der Waals surface area contributed by atoms with E-state index in [9.17, 15) is 9.50 Å². The summed E-state index contributed by atoms with van der Waals surface area (Å²) in [7, 11) is -1.40.